The summed E-state index contributed by atoms with van der Waals surface area (Å²) in [5.74, 6) is -5.70. The quantitative estimate of drug-likeness (QED) is 0.496. The molecule has 0 bridgehead atoms. The van der Waals surface area contributed by atoms with E-state index in [0.717, 1.165) is 17.2 Å². The zero-order valence-corrected chi connectivity index (χ0v) is 17.2. The maximum Gasteiger partial charge on any atom is 0.243 e. The molecule has 0 aromatic heterocycles. The van der Waals surface area contributed by atoms with Crippen LogP contribution >= 0.6 is 0 Å². The molecule has 2 amide bonds. The van der Waals surface area contributed by atoms with E-state index in [0.29, 0.717) is 19.2 Å². The number of anilines is 1. The lowest BCUT2D eigenvalue weighted by atomic mass is 10.1. The summed E-state index contributed by atoms with van der Waals surface area (Å²) in [4.78, 5) is 26.4. The highest BCUT2D eigenvalue weighted by Gasteiger charge is 2.17. The molecule has 0 aliphatic heterocycles. The maximum absolute atomic E-state index is 13.7. The summed E-state index contributed by atoms with van der Waals surface area (Å²) in [6, 6.07) is 20.9. The van der Waals surface area contributed by atoms with Gasteiger partial charge in [-0.25, -0.2) is 13.2 Å². The molecule has 8 heteroatoms. The van der Waals surface area contributed by atoms with Crippen molar-refractivity contribution in [1.29, 1.82) is 0 Å². The maximum atomic E-state index is 13.7. The van der Waals surface area contributed by atoms with E-state index in [4.69, 9.17) is 0 Å². The van der Waals surface area contributed by atoms with E-state index in [-0.39, 0.29) is 6.54 Å². The van der Waals surface area contributed by atoms with Gasteiger partial charge in [0.15, 0.2) is 17.5 Å². The molecule has 3 rings (SSSR count). The van der Waals surface area contributed by atoms with Gasteiger partial charge < -0.3 is 10.6 Å². The van der Waals surface area contributed by atoms with Gasteiger partial charge in [0.05, 0.1) is 18.8 Å². The van der Waals surface area contributed by atoms with Crippen LogP contribution in [0, 0.1) is 17.5 Å². The number of amides is 2. The normalized spacial score (nSPS) is 10.8. The van der Waals surface area contributed by atoms with Crippen molar-refractivity contribution in [2.24, 2.45) is 0 Å². The lowest BCUT2D eigenvalue weighted by molar-refractivity contribution is -0.125. The standard InChI is InChI=1S/C24H22F3N3O2/c25-19-11-12-20(24(27)23(19)26)29-21(31)13-28-22(32)16-30(14-17-7-3-1-4-8-17)15-18-9-5-2-6-10-18/h1-12H,13-16H2,(H,28,32)(H,29,31). The molecule has 0 fully saturated rings. The molecular weight excluding hydrogens is 419 g/mol. The van der Waals surface area contributed by atoms with Crippen LogP contribution in [0.3, 0.4) is 0 Å². The van der Waals surface area contributed by atoms with Crippen LogP contribution in [0.4, 0.5) is 18.9 Å². The van der Waals surface area contributed by atoms with E-state index >= 15 is 0 Å². The van der Waals surface area contributed by atoms with Crippen molar-refractivity contribution in [3.05, 3.63) is 101 Å². The number of nitrogens with one attached hydrogen (secondary N) is 2. The number of hydrogen-bond acceptors (Lipinski definition) is 3. The Labute approximate surface area is 183 Å². The Bertz CT molecular complexity index is 1020. The Balaban J connectivity index is 1.57. The van der Waals surface area contributed by atoms with Gasteiger partial charge in [0.2, 0.25) is 11.8 Å². The first-order valence-corrected chi connectivity index (χ1v) is 9.92. The number of halogens is 3. The van der Waals surface area contributed by atoms with E-state index in [1.54, 1.807) is 0 Å². The van der Waals surface area contributed by atoms with Gasteiger partial charge in [-0.2, -0.15) is 0 Å². The molecule has 0 aliphatic carbocycles. The molecule has 32 heavy (non-hydrogen) atoms. The highest BCUT2D eigenvalue weighted by molar-refractivity contribution is 5.94. The Hall–Kier alpha value is -3.65. The zero-order valence-electron chi connectivity index (χ0n) is 17.2. The minimum absolute atomic E-state index is 0.0244. The summed E-state index contributed by atoms with van der Waals surface area (Å²) in [6.07, 6.45) is 0. The molecule has 3 aromatic rings. The van der Waals surface area contributed by atoms with Crippen molar-refractivity contribution in [3.63, 3.8) is 0 Å². The minimum Gasteiger partial charge on any atom is -0.346 e. The molecule has 0 saturated heterocycles. The number of nitrogens with zero attached hydrogens (tertiary/aromatic N) is 1. The molecule has 0 aliphatic rings. The monoisotopic (exact) mass is 441 g/mol. The van der Waals surface area contributed by atoms with Gasteiger partial charge in [-0.15, -0.1) is 0 Å². The van der Waals surface area contributed by atoms with Gasteiger partial charge in [0, 0.05) is 13.1 Å². The third-order valence-electron chi connectivity index (χ3n) is 4.62. The van der Waals surface area contributed by atoms with E-state index < -0.39 is 41.5 Å². The molecule has 0 spiro atoms. The molecule has 0 unspecified atom stereocenters. The molecule has 0 atom stereocenters. The molecule has 166 valence electrons. The van der Waals surface area contributed by atoms with Crippen LogP contribution in [0.1, 0.15) is 11.1 Å². The van der Waals surface area contributed by atoms with Crippen molar-refractivity contribution in [2.75, 3.05) is 18.4 Å². The molecule has 0 heterocycles. The average molecular weight is 441 g/mol. The van der Waals surface area contributed by atoms with Crippen molar-refractivity contribution >= 4 is 17.5 Å². The molecule has 5 nitrogen and oxygen atoms in total. The number of rotatable bonds is 9. The smallest absolute Gasteiger partial charge is 0.243 e. The summed E-state index contributed by atoms with van der Waals surface area (Å²) < 4.78 is 40.0. The van der Waals surface area contributed by atoms with Gasteiger partial charge in [0.25, 0.3) is 0 Å². The van der Waals surface area contributed by atoms with Crippen LogP contribution in [0.25, 0.3) is 0 Å². The van der Waals surface area contributed by atoms with Crippen molar-refractivity contribution in [1.82, 2.24) is 10.2 Å². The fourth-order valence-corrected chi connectivity index (χ4v) is 3.11. The first kappa shape index (κ1) is 23.0. The number of carbonyl (C=O) groups is 2. The van der Waals surface area contributed by atoms with Gasteiger partial charge in [-0.05, 0) is 23.3 Å². The molecule has 0 radical (unpaired) electrons. The van der Waals surface area contributed by atoms with E-state index in [2.05, 4.69) is 10.6 Å². The Morgan fingerprint density at radius 3 is 1.84 bits per heavy atom. The van der Waals surface area contributed by atoms with Gasteiger partial charge in [-0.3, -0.25) is 14.5 Å². The lowest BCUT2D eigenvalue weighted by Gasteiger charge is -2.22. The second-order valence-corrected chi connectivity index (χ2v) is 7.16. The molecule has 0 saturated carbocycles. The average Bonchev–Trinajstić information content (AvgIpc) is 2.79. The number of carbonyl (C=O) groups excluding carboxylic acids is 2. The highest BCUT2D eigenvalue weighted by atomic mass is 19.2. The highest BCUT2D eigenvalue weighted by Crippen LogP contribution is 2.19. The Morgan fingerprint density at radius 1 is 0.719 bits per heavy atom. The van der Waals surface area contributed by atoms with Crippen molar-refractivity contribution < 1.29 is 22.8 Å². The Kier molecular flexibility index (Phi) is 7.99. The van der Waals surface area contributed by atoms with E-state index in [1.165, 1.54) is 0 Å². The van der Waals surface area contributed by atoms with Crippen LogP contribution < -0.4 is 10.6 Å². The van der Waals surface area contributed by atoms with Crippen LogP contribution in [0.2, 0.25) is 0 Å². The minimum atomic E-state index is -1.68. The van der Waals surface area contributed by atoms with Gasteiger partial charge >= 0.3 is 0 Å². The van der Waals surface area contributed by atoms with Crippen molar-refractivity contribution in [2.45, 2.75) is 13.1 Å². The summed E-state index contributed by atoms with van der Waals surface area (Å²) >= 11 is 0. The second kappa shape index (κ2) is 11.1. The fourth-order valence-electron chi connectivity index (χ4n) is 3.11. The van der Waals surface area contributed by atoms with Crippen LogP contribution in [0.5, 0.6) is 0 Å². The third-order valence-corrected chi connectivity index (χ3v) is 4.62. The summed E-state index contributed by atoms with van der Waals surface area (Å²) in [6.45, 7) is 0.628. The van der Waals surface area contributed by atoms with Crippen molar-refractivity contribution in [3.8, 4) is 0 Å². The summed E-state index contributed by atoms with van der Waals surface area (Å²) in [5, 5.41) is 4.58. The predicted molar refractivity (Wildman–Crippen MR) is 115 cm³/mol. The lowest BCUT2D eigenvalue weighted by Crippen LogP contribution is -2.40. The molecule has 3 aromatic carbocycles. The van der Waals surface area contributed by atoms with Gasteiger partial charge in [-0.1, -0.05) is 60.7 Å². The van der Waals surface area contributed by atoms with Gasteiger partial charge in [0.1, 0.15) is 0 Å². The van der Waals surface area contributed by atoms with E-state index in [9.17, 15) is 22.8 Å². The number of benzene rings is 3. The number of hydrogen-bond donors (Lipinski definition) is 2. The summed E-state index contributed by atoms with van der Waals surface area (Å²) in [7, 11) is 0. The molecular formula is C24H22F3N3O2. The predicted octanol–water partition coefficient (Wildman–Crippen LogP) is 3.86. The van der Waals surface area contributed by atoms with E-state index in [1.807, 2.05) is 65.6 Å². The Morgan fingerprint density at radius 2 is 1.28 bits per heavy atom. The topological polar surface area (TPSA) is 61.4 Å². The SMILES string of the molecule is O=C(CN(Cc1ccccc1)Cc1ccccc1)NCC(=O)Nc1ccc(F)c(F)c1F. The first-order valence-electron chi connectivity index (χ1n) is 9.92. The van der Waals surface area contributed by atoms with Crippen LogP contribution in [-0.2, 0) is 22.7 Å². The second-order valence-electron chi connectivity index (χ2n) is 7.16. The van der Waals surface area contributed by atoms with Crippen LogP contribution in [-0.4, -0.2) is 29.8 Å². The first-order chi connectivity index (χ1) is 15.4. The fraction of sp³-hybridized carbons (Fsp3) is 0.167. The molecule has 2 N–H and O–H groups in total. The zero-order chi connectivity index (χ0) is 22.9. The largest absolute Gasteiger partial charge is 0.346 e. The van der Waals surface area contributed by atoms with Crippen LogP contribution in [0.15, 0.2) is 72.8 Å². The summed E-state index contributed by atoms with van der Waals surface area (Å²) in [5.41, 5.74) is 1.56. The third kappa shape index (κ3) is 6.68.